The van der Waals surface area contributed by atoms with E-state index in [2.05, 4.69) is 41.1 Å². The van der Waals surface area contributed by atoms with E-state index >= 15 is 0 Å². The number of hydrogen-bond acceptors (Lipinski definition) is 4. The van der Waals surface area contributed by atoms with Crippen LogP contribution in [0.2, 0.25) is 5.15 Å². The topological polar surface area (TPSA) is 52.3 Å². The molecule has 0 saturated carbocycles. The second-order valence-corrected chi connectivity index (χ2v) is 5.47. The molecule has 0 aliphatic rings. The third-order valence-corrected chi connectivity index (χ3v) is 3.37. The lowest BCUT2D eigenvalue weighted by Crippen LogP contribution is -1.97. The van der Waals surface area contributed by atoms with Gasteiger partial charge in [0.2, 0.25) is 5.88 Å². The summed E-state index contributed by atoms with van der Waals surface area (Å²) < 4.78 is 7.58. The average Bonchev–Trinajstić information content (AvgIpc) is 2.87. The van der Waals surface area contributed by atoms with Crippen LogP contribution >= 0.6 is 11.6 Å². The summed E-state index contributed by atoms with van der Waals surface area (Å²) in [6.45, 7) is 4.67. The number of aromatic nitrogens is 4. The molecule has 3 rings (SSSR count). The van der Waals surface area contributed by atoms with Gasteiger partial charge in [0.25, 0.3) is 0 Å². The minimum Gasteiger partial charge on any atom is -0.471 e. The Morgan fingerprint density at radius 1 is 1.24 bits per heavy atom. The molecule has 0 atom stereocenters. The molecule has 3 heterocycles. The smallest absolute Gasteiger partial charge is 0.218 e. The predicted octanol–water partition coefficient (Wildman–Crippen LogP) is 3.48. The number of rotatable bonds is 4. The maximum Gasteiger partial charge on any atom is 0.218 e. The highest BCUT2D eigenvalue weighted by molar-refractivity contribution is 6.29. The van der Waals surface area contributed by atoms with Crippen LogP contribution in [0.3, 0.4) is 0 Å². The summed E-state index contributed by atoms with van der Waals surface area (Å²) >= 11 is 5.79. The van der Waals surface area contributed by atoms with Crippen molar-refractivity contribution in [3.8, 4) is 5.88 Å². The second-order valence-electron chi connectivity index (χ2n) is 5.08. The SMILES string of the molecule is CC(C)c1ccc2nc(COc3cc(Cl)ncn3)cn2c1. The van der Waals surface area contributed by atoms with Crippen LogP contribution in [0, 0.1) is 0 Å². The van der Waals surface area contributed by atoms with Gasteiger partial charge in [-0.3, -0.25) is 0 Å². The van der Waals surface area contributed by atoms with E-state index in [0.717, 1.165) is 11.3 Å². The van der Waals surface area contributed by atoms with Gasteiger partial charge in [-0.1, -0.05) is 31.5 Å². The van der Waals surface area contributed by atoms with E-state index in [4.69, 9.17) is 16.3 Å². The number of halogens is 1. The van der Waals surface area contributed by atoms with E-state index in [1.807, 2.05) is 16.7 Å². The lowest BCUT2D eigenvalue weighted by atomic mass is 10.1. The molecule has 0 aliphatic carbocycles. The largest absolute Gasteiger partial charge is 0.471 e. The molecule has 21 heavy (non-hydrogen) atoms. The summed E-state index contributed by atoms with van der Waals surface area (Å²) in [7, 11) is 0. The van der Waals surface area contributed by atoms with Crippen LogP contribution in [0.25, 0.3) is 5.65 Å². The maximum atomic E-state index is 5.79. The normalized spacial score (nSPS) is 11.2. The van der Waals surface area contributed by atoms with Crippen molar-refractivity contribution in [2.24, 2.45) is 0 Å². The first-order chi connectivity index (χ1) is 10.1. The van der Waals surface area contributed by atoms with Gasteiger partial charge in [-0.25, -0.2) is 15.0 Å². The molecule has 0 saturated heterocycles. The van der Waals surface area contributed by atoms with E-state index in [1.165, 1.54) is 11.9 Å². The molecule has 0 fully saturated rings. The van der Waals surface area contributed by atoms with Crippen LogP contribution in [-0.2, 0) is 6.61 Å². The second kappa shape index (κ2) is 5.69. The molecule has 0 radical (unpaired) electrons. The van der Waals surface area contributed by atoms with Crippen LogP contribution in [0.1, 0.15) is 31.0 Å². The van der Waals surface area contributed by atoms with Gasteiger partial charge in [0.1, 0.15) is 23.7 Å². The summed E-state index contributed by atoms with van der Waals surface area (Å²) in [5, 5.41) is 0.358. The van der Waals surface area contributed by atoms with Crippen molar-refractivity contribution in [1.29, 1.82) is 0 Å². The van der Waals surface area contributed by atoms with Crippen LogP contribution in [0.4, 0.5) is 0 Å². The number of imidazole rings is 1. The molecule has 0 spiro atoms. The molecule has 0 amide bonds. The summed E-state index contributed by atoms with van der Waals surface area (Å²) in [5.41, 5.74) is 3.01. The molecule has 3 aromatic heterocycles. The third kappa shape index (κ3) is 3.13. The Morgan fingerprint density at radius 2 is 2.10 bits per heavy atom. The average molecular weight is 303 g/mol. The monoisotopic (exact) mass is 302 g/mol. The molecule has 3 aromatic rings. The summed E-state index contributed by atoms with van der Waals surface area (Å²) in [6.07, 6.45) is 5.43. The first-order valence-corrected chi connectivity index (χ1v) is 7.07. The zero-order valence-electron chi connectivity index (χ0n) is 11.8. The quantitative estimate of drug-likeness (QED) is 0.692. The lowest BCUT2D eigenvalue weighted by molar-refractivity contribution is 0.289. The summed E-state index contributed by atoms with van der Waals surface area (Å²) in [6, 6.07) is 5.69. The molecule has 0 bridgehead atoms. The Labute approximate surface area is 127 Å². The van der Waals surface area contributed by atoms with Crippen molar-refractivity contribution in [1.82, 2.24) is 19.4 Å². The molecule has 0 aliphatic heterocycles. The number of hydrogen-bond donors (Lipinski definition) is 0. The Bertz CT molecular complexity index is 769. The van der Waals surface area contributed by atoms with Crippen LogP contribution in [0.5, 0.6) is 5.88 Å². The maximum absolute atomic E-state index is 5.79. The van der Waals surface area contributed by atoms with Gasteiger partial charge in [0.15, 0.2) is 0 Å². The predicted molar refractivity (Wildman–Crippen MR) is 80.7 cm³/mol. The Kier molecular flexibility index (Phi) is 3.75. The van der Waals surface area contributed by atoms with Crippen molar-refractivity contribution in [2.75, 3.05) is 0 Å². The number of nitrogens with zero attached hydrogens (tertiary/aromatic N) is 4. The zero-order valence-corrected chi connectivity index (χ0v) is 12.6. The zero-order chi connectivity index (χ0) is 14.8. The highest BCUT2D eigenvalue weighted by atomic mass is 35.5. The van der Waals surface area contributed by atoms with Crippen LogP contribution in [0.15, 0.2) is 36.9 Å². The standard InChI is InChI=1S/C15H15ClN4O/c1-10(2)11-3-4-14-19-12(7-20(14)6-11)8-21-15-5-13(16)17-9-18-15/h3-7,9-10H,8H2,1-2H3. The Morgan fingerprint density at radius 3 is 2.86 bits per heavy atom. The van der Waals surface area contributed by atoms with E-state index in [9.17, 15) is 0 Å². The van der Waals surface area contributed by atoms with E-state index < -0.39 is 0 Å². The minimum atomic E-state index is 0.339. The molecule has 108 valence electrons. The van der Waals surface area contributed by atoms with E-state index in [1.54, 1.807) is 6.07 Å². The highest BCUT2D eigenvalue weighted by Gasteiger charge is 2.06. The fraction of sp³-hybridized carbons (Fsp3) is 0.267. The first kappa shape index (κ1) is 13.8. The van der Waals surface area contributed by atoms with Gasteiger partial charge in [-0.2, -0.15) is 0 Å². The van der Waals surface area contributed by atoms with Crippen molar-refractivity contribution in [2.45, 2.75) is 26.4 Å². The minimum absolute atomic E-state index is 0.339. The van der Waals surface area contributed by atoms with Gasteiger partial charge in [0.05, 0.1) is 5.69 Å². The Hall–Kier alpha value is -2.14. The van der Waals surface area contributed by atoms with Crippen molar-refractivity contribution in [3.05, 3.63) is 53.3 Å². The molecular formula is C15H15ClN4O. The summed E-state index contributed by atoms with van der Waals surface area (Å²) in [5.74, 6) is 0.926. The molecule has 0 N–H and O–H groups in total. The summed E-state index contributed by atoms with van der Waals surface area (Å²) in [4.78, 5) is 12.3. The Balaban J connectivity index is 1.78. The third-order valence-electron chi connectivity index (χ3n) is 3.17. The first-order valence-electron chi connectivity index (χ1n) is 6.69. The number of pyridine rings is 1. The van der Waals surface area contributed by atoms with Gasteiger partial charge in [-0.15, -0.1) is 0 Å². The van der Waals surface area contributed by atoms with Gasteiger partial charge < -0.3 is 9.14 Å². The number of ether oxygens (including phenoxy) is 1. The van der Waals surface area contributed by atoms with Crippen molar-refractivity contribution >= 4 is 17.2 Å². The van der Waals surface area contributed by atoms with Gasteiger partial charge >= 0.3 is 0 Å². The fourth-order valence-corrected chi connectivity index (χ4v) is 2.15. The van der Waals surface area contributed by atoms with Crippen molar-refractivity contribution in [3.63, 3.8) is 0 Å². The molecular weight excluding hydrogens is 288 g/mol. The van der Waals surface area contributed by atoms with Crippen molar-refractivity contribution < 1.29 is 4.74 Å². The molecule has 6 heteroatoms. The van der Waals surface area contributed by atoms with Crippen LogP contribution in [-0.4, -0.2) is 19.4 Å². The van der Waals surface area contributed by atoms with Gasteiger partial charge in [0, 0.05) is 18.5 Å². The van der Waals surface area contributed by atoms with Gasteiger partial charge in [-0.05, 0) is 17.5 Å². The fourth-order valence-electron chi connectivity index (χ4n) is 2.02. The number of fused-ring (bicyclic) bond motifs is 1. The van der Waals surface area contributed by atoms with E-state index in [0.29, 0.717) is 23.6 Å². The highest BCUT2D eigenvalue weighted by Crippen LogP contribution is 2.17. The van der Waals surface area contributed by atoms with E-state index in [-0.39, 0.29) is 0 Å². The molecule has 5 nitrogen and oxygen atoms in total. The molecule has 0 aromatic carbocycles. The van der Waals surface area contributed by atoms with Crippen LogP contribution < -0.4 is 4.74 Å². The molecule has 0 unspecified atom stereocenters. The lowest BCUT2D eigenvalue weighted by Gasteiger charge is -2.04.